The summed E-state index contributed by atoms with van der Waals surface area (Å²) in [7, 11) is 0. The topological polar surface area (TPSA) is 57.5 Å². The first-order chi connectivity index (χ1) is 13.0. The normalized spacial score (nSPS) is 18.4. The molecule has 3 nitrogen and oxygen atoms in total. The SMILES string of the molecule is CC(C)C(c1ccccc1)C(C)(O)C(=O)C(C)(O)C(c1ccccc1)C(C)C. The number of aliphatic hydroxyl groups is 2. The average molecular weight is 383 g/mol. The second kappa shape index (κ2) is 8.59. The maximum absolute atomic E-state index is 13.6. The minimum atomic E-state index is -1.71. The molecule has 4 unspecified atom stereocenters. The number of hydrogen-bond donors (Lipinski definition) is 2. The number of Topliss-reactive ketones (excluding diaryl/α,β-unsaturated/α-hetero) is 1. The molecule has 4 atom stereocenters. The molecule has 0 aromatic heterocycles. The Kier molecular flexibility index (Phi) is 6.84. The molecule has 3 heteroatoms. The standard InChI is InChI=1S/C25H34O3/c1-17(2)21(19-13-9-7-10-14-19)24(5,27)23(26)25(6,28)22(18(3)4)20-15-11-8-12-16-20/h7-18,21-22,27-28H,1-6H3. The van der Waals surface area contributed by atoms with Gasteiger partial charge in [0.25, 0.3) is 0 Å². The highest BCUT2D eigenvalue weighted by Crippen LogP contribution is 2.43. The van der Waals surface area contributed by atoms with Gasteiger partial charge in [-0.2, -0.15) is 0 Å². The van der Waals surface area contributed by atoms with E-state index in [1.54, 1.807) is 13.8 Å². The molecular weight excluding hydrogens is 348 g/mol. The van der Waals surface area contributed by atoms with Crippen molar-refractivity contribution in [2.45, 2.75) is 64.6 Å². The Bertz CT molecular complexity index is 695. The van der Waals surface area contributed by atoms with Crippen molar-refractivity contribution in [3.8, 4) is 0 Å². The van der Waals surface area contributed by atoms with Crippen molar-refractivity contribution >= 4 is 5.78 Å². The molecule has 28 heavy (non-hydrogen) atoms. The van der Waals surface area contributed by atoms with Crippen molar-refractivity contribution in [3.05, 3.63) is 71.8 Å². The average Bonchev–Trinajstić information content (AvgIpc) is 2.62. The van der Waals surface area contributed by atoms with Crippen LogP contribution in [0.1, 0.15) is 64.5 Å². The Labute approximate surface area is 169 Å². The zero-order chi connectivity index (χ0) is 21.1. The van der Waals surface area contributed by atoms with E-state index in [9.17, 15) is 15.0 Å². The Hall–Kier alpha value is -1.97. The summed E-state index contributed by atoms with van der Waals surface area (Å²) in [5, 5.41) is 22.9. The van der Waals surface area contributed by atoms with E-state index in [0.717, 1.165) is 11.1 Å². The second-order valence-electron chi connectivity index (χ2n) is 8.89. The summed E-state index contributed by atoms with van der Waals surface area (Å²) in [6.45, 7) is 11.1. The van der Waals surface area contributed by atoms with Gasteiger partial charge in [-0.15, -0.1) is 0 Å². The van der Waals surface area contributed by atoms with E-state index in [-0.39, 0.29) is 11.8 Å². The van der Waals surface area contributed by atoms with Crippen LogP contribution >= 0.6 is 0 Å². The fraction of sp³-hybridized carbons (Fsp3) is 0.480. The molecule has 0 saturated carbocycles. The fourth-order valence-electron chi connectivity index (χ4n) is 4.83. The van der Waals surface area contributed by atoms with Crippen molar-refractivity contribution in [1.29, 1.82) is 0 Å². The molecule has 0 amide bonds. The van der Waals surface area contributed by atoms with Gasteiger partial charge in [-0.3, -0.25) is 4.79 Å². The first-order valence-electron chi connectivity index (χ1n) is 10.1. The van der Waals surface area contributed by atoms with Crippen molar-refractivity contribution in [2.24, 2.45) is 11.8 Å². The van der Waals surface area contributed by atoms with Gasteiger partial charge in [-0.1, -0.05) is 88.4 Å². The Morgan fingerprint density at radius 1 is 0.679 bits per heavy atom. The van der Waals surface area contributed by atoms with Gasteiger partial charge in [0, 0.05) is 11.8 Å². The van der Waals surface area contributed by atoms with Crippen LogP contribution in [-0.2, 0) is 4.79 Å². The molecule has 0 aliphatic carbocycles. The van der Waals surface area contributed by atoms with Gasteiger partial charge in [0.1, 0.15) is 11.2 Å². The minimum Gasteiger partial charge on any atom is -0.382 e. The van der Waals surface area contributed by atoms with Crippen LogP contribution in [0.15, 0.2) is 60.7 Å². The summed E-state index contributed by atoms with van der Waals surface area (Å²) in [4.78, 5) is 13.6. The number of rotatable bonds is 8. The van der Waals surface area contributed by atoms with Crippen LogP contribution in [0.4, 0.5) is 0 Å². The van der Waals surface area contributed by atoms with Crippen LogP contribution in [-0.4, -0.2) is 27.2 Å². The molecule has 0 spiro atoms. The first-order valence-corrected chi connectivity index (χ1v) is 10.1. The zero-order valence-electron chi connectivity index (χ0n) is 17.9. The lowest BCUT2D eigenvalue weighted by Crippen LogP contribution is -2.57. The summed E-state index contributed by atoms with van der Waals surface area (Å²) >= 11 is 0. The monoisotopic (exact) mass is 382 g/mol. The van der Waals surface area contributed by atoms with Gasteiger partial charge in [-0.05, 0) is 36.8 Å². The molecule has 152 valence electrons. The fourth-order valence-corrected chi connectivity index (χ4v) is 4.83. The smallest absolute Gasteiger partial charge is 0.196 e. The first kappa shape index (κ1) is 22.3. The highest BCUT2D eigenvalue weighted by atomic mass is 16.3. The summed E-state index contributed by atoms with van der Waals surface area (Å²) in [6.07, 6.45) is 0. The molecule has 0 radical (unpaired) electrons. The van der Waals surface area contributed by atoms with Crippen molar-refractivity contribution < 1.29 is 15.0 Å². The van der Waals surface area contributed by atoms with E-state index >= 15 is 0 Å². The van der Waals surface area contributed by atoms with Crippen LogP contribution in [0.3, 0.4) is 0 Å². The molecule has 2 aromatic carbocycles. The zero-order valence-corrected chi connectivity index (χ0v) is 17.9. The van der Waals surface area contributed by atoms with Gasteiger partial charge in [0.15, 0.2) is 5.78 Å². The van der Waals surface area contributed by atoms with E-state index in [2.05, 4.69) is 0 Å². The molecule has 2 rings (SSSR count). The van der Waals surface area contributed by atoms with Crippen molar-refractivity contribution in [3.63, 3.8) is 0 Å². The largest absolute Gasteiger partial charge is 0.382 e. The summed E-state index contributed by atoms with van der Waals surface area (Å²) in [5.41, 5.74) is -1.62. The van der Waals surface area contributed by atoms with E-state index in [0.29, 0.717) is 0 Å². The van der Waals surface area contributed by atoms with Crippen molar-refractivity contribution in [1.82, 2.24) is 0 Å². The summed E-state index contributed by atoms with van der Waals surface area (Å²) in [5.74, 6) is -1.34. The Morgan fingerprint density at radius 3 is 1.21 bits per heavy atom. The third-order valence-corrected chi connectivity index (χ3v) is 5.78. The highest BCUT2D eigenvalue weighted by molar-refractivity contribution is 5.95. The minimum absolute atomic E-state index is 0.0198. The molecule has 0 aliphatic rings. The van der Waals surface area contributed by atoms with Gasteiger partial charge >= 0.3 is 0 Å². The number of carbonyl (C=O) groups excluding carboxylic acids is 1. The van der Waals surface area contributed by atoms with Crippen LogP contribution in [0, 0.1) is 11.8 Å². The molecule has 2 N–H and O–H groups in total. The molecule has 0 saturated heterocycles. The predicted octanol–water partition coefficient (Wildman–Crippen LogP) is 4.94. The number of hydrogen-bond acceptors (Lipinski definition) is 3. The number of carbonyl (C=O) groups is 1. The maximum atomic E-state index is 13.6. The number of ketones is 1. The van der Waals surface area contributed by atoms with E-state index < -0.39 is 28.8 Å². The molecule has 0 bridgehead atoms. The molecule has 0 fully saturated rings. The van der Waals surface area contributed by atoms with Crippen LogP contribution in [0.5, 0.6) is 0 Å². The Morgan fingerprint density at radius 2 is 0.964 bits per heavy atom. The van der Waals surface area contributed by atoms with E-state index in [4.69, 9.17) is 0 Å². The highest BCUT2D eigenvalue weighted by Gasteiger charge is 2.52. The van der Waals surface area contributed by atoms with Gasteiger partial charge in [-0.25, -0.2) is 0 Å². The van der Waals surface area contributed by atoms with Gasteiger partial charge in [0.2, 0.25) is 0 Å². The molecule has 0 aliphatic heterocycles. The lowest BCUT2D eigenvalue weighted by atomic mass is 9.65. The van der Waals surface area contributed by atoms with Crippen LogP contribution < -0.4 is 0 Å². The molecule has 0 heterocycles. The third-order valence-electron chi connectivity index (χ3n) is 5.78. The molecular formula is C25H34O3. The van der Waals surface area contributed by atoms with E-state index in [1.165, 1.54) is 0 Å². The van der Waals surface area contributed by atoms with Gasteiger partial charge < -0.3 is 10.2 Å². The Balaban J connectivity index is 2.50. The summed E-state index contributed by atoms with van der Waals surface area (Å²) in [6, 6.07) is 19.2. The maximum Gasteiger partial charge on any atom is 0.196 e. The number of benzene rings is 2. The van der Waals surface area contributed by atoms with Gasteiger partial charge in [0.05, 0.1) is 0 Å². The lowest BCUT2D eigenvalue weighted by molar-refractivity contribution is -0.161. The predicted molar refractivity (Wildman–Crippen MR) is 114 cm³/mol. The quantitative estimate of drug-likeness (QED) is 0.680. The van der Waals surface area contributed by atoms with Crippen molar-refractivity contribution in [2.75, 3.05) is 0 Å². The van der Waals surface area contributed by atoms with E-state index in [1.807, 2.05) is 88.4 Å². The summed E-state index contributed by atoms with van der Waals surface area (Å²) < 4.78 is 0. The second-order valence-corrected chi connectivity index (χ2v) is 8.89. The third kappa shape index (κ3) is 4.37. The molecule has 2 aromatic rings. The van der Waals surface area contributed by atoms with Crippen LogP contribution in [0.2, 0.25) is 0 Å². The lowest BCUT2D eigenvalue weighted by Gasteiger charge is -2.43. The van der Waals surface area contributed by atoms with Crippen LogP contribution in [0.25, 0.3) is 0 Å².